The molecule has 1 aromatic heterocycles. The molecular formula is C32H42N4O5. The molecule has 5 rings (SSSR count). The van der Waals surface area contributed by atoms with Gasteiger partial charge in [0.25, 0.3) is 0 Å². The van der Waals surface area contributed by atoms with Crippen LogP contribution in [0.1, 0.15) is 49.3 Å². The van der Waals surface area contributed by atoms with Gasteiger partial charge in [-0.1, -0.05) is 43.5 Å². The van der Waals surface area contributed by atoms with Gasteiger partial charge < -0.3 is 29.4 Å². The lowest BCUT2D eigenvalue weighted by Crippen LogP contribution is -2.50. The number of amides is 2. The molecule has 2 amide bonds. The van der Waals surface area contributed by atoms with Crippen LogP contribution in [0.4, 0.5) is 0 Å². The number of hydrogen-bond acceptors (Lipinski definition) is 6. The summed E-state index contributed by atoms with van der Waals surface area (Å²) in [5.41, 5.74) is 2.60. The molecule has 9 nitrogen and oxygen atoms in total. The molecule has 2 aliphatic rings. The molecule has 2 fully saturated rings. The van der Waals surface area contributed by atoms with E-state index in [1.807, 2.05) is 42.6 Å². The van der Waals surface area contributed by atoms with Crippen LogP contribution < -0.4 is 14.8 Å². The molecule has 1 saturated heterocycles. The van der Waals surface area contributed by atoms with Gasteiger partial charge >= 0.3 is 0 Å². The fraction of sp³-hybridized carbons (Fsp3) is 0.500. The average Bonchev–Trinajstić information content (AvgIpc) is 3.42. The van der Waals surface area contributed by atoms with Crippen molar-refractivity contribution in [3.05, 3.63) is 59.8 Å². The lowest BCUT2D eigenvalue weighted by atomic mass is 9.94. The van der Waals surface area contributed by atoms with Crippen molar-refractivity contribution in [1.82, 2.24) is 20.1 Å². The lowest BCUT2D eigenvalue weighted by Gasteiger charge is -2.36. The van der Waals surface area contributed by atoms with Crippen LogP contribution >= 0.6 is 0 Å². The van der Waals surface area contributed by atoms with Gasteiger partial charge in [-0.25, -0.2) is 0 Å². The van der Waals surface area contributed by atoms with Gasteiger partial charge in [-0.15, -0.1) is 0 Å². The van der Waals surface area contributed by atoms with Gasteiger partial charge in [0.2, 0.25) is 11.8 Å². The molecular weight excluding hydrogens is 520 g/mol. The molecule has 2 heterocycles. The Morgan fingerprint density at radius 3 is 2.56 bits per heavy atom. The van der Waals surface area contributed by atoms with Gasteiger partial charge in [0, 0.05) is 49.3 Å². The van der Waals surface area contributed by atoms with Crippen LogP contribution in [-0.2, 0) is 20.7 Å². The van der Waals surface area contributed by atoms with Crippen molar-refractivity contribution < 1.29 is 23.8 Å². The van der Waals surface area contributed by atoms with E-state index in [1.54, 1.807) is 25.2 Å². The quantitative estimate of drug-likeness (QED) is 0.366. The van der Waals surface area contributed by atoms with Crippen LogP contribution in [0, 0.1) is 0 Å². The zero-order valence-electron chi connectivity index (χ0n) is 24.2. The van der Waals surface area contributed by atoms with E-state index in [0.717, 1.165) is 55.2 Å². The van der Waals surface area contributed by atoms with Crippen LogP contribution in [0.2, 0.25) is 0 Å². The van der Waals surface area contributed by atoms with Crippen molar-refractivity contribution in [2.24, 2.45) is 0 Å². The Morgan fingerprint density at radius 1 is 1.05 bits per heavy atom. The Hall–Kier alpha value is -3.56. The van der Waals surface area contributed by atoms with E-state index < -0.39 is 6.04 Å². The summed E-state index contributed by atoms with van der Waals surface area (Å²) in [6, 6.07) is 12.8. The van der Waals surface area contributed by atoms with Crippen molar-refractivity contribution in [3.8, 4) is 11.5 Å². The van der Waals surface area contributed by atoms with Crippen LogP contribution in [0.25, 0.3) is 10.9 Å². The smallest absolute Gasteiger partial charge is 0.247 e. The number of H-pyrrole nitrogens is 1. The number of hydrogen-bond donors (Lipinski definition) is 2. The highest BCUT2D eigenvalue weighted by atomic mass is 16.5. The van der Waals surface area contributed by atoms with Crippen LogP contribution in [0.3, 0.4) is 0 Å². The van der Waals surface area contributed by atoms with Crippen molar-refractivity contribution in [2.45, 2.75) is 50.6 Å². The predicted octanol–water partition coefficient (Wildman–Crippen LogP) is 4.08. The third-order valence-electron chi connectivity index (χ3n) is 8.33. The molecule has 0 spiro atoms. The summed E-state index contributed by atoms with van der Waals surface area (Å²) in [4.78, 5) is 35.7. The summed E-state index contributed by atoms with van der Waals surface area (Å²) in [6.45, 7) is 4.02. The number of benzene rings is 2. The Bertz CT molecular complexity index is 1310. The Labute approximate surface area is 242 Å². The summed E-state index contributed by atoms with van der Waals surface area (Å²) < 4.78 is 16.6. The monoisotopic (exact) mass is 562 g/mol. The number of aromatic nitrogens is 1. The summed E-state index contributed by atoms with van der Waals surface area (Å²) >= 11 is 0. The highest BCUT2D eigenvalue weighted by Gasteiger charge is 2.34. The minimum absolute atomic E-state index is 0.0957. The zero-order valence-corrected chi connectivity index (χ0v) is 24.2. The second-order valence-electron chi connectivity index (χ2n) is 10.9. The van der Waals surface area contributed by atoms with E-state index in [1.165, 1.54) is 6.42 Å². The number of para-hydroxylation sites is 1. The van der Waals surface area contributed by atoms with Crippen LogP contribution in [0.15, 0.2) is 48.7 Å². The molecule has 1 atom stereocenters. The molecule has 1 aliphatic carbocycles. The first-order chi connectivity index (χ1) is 20.1. The van der Waals surface area contributed by atoms with Crippen molar-refractivity contribution in [2.75, 3.05) is 53.6 Å². The van der Waals surface area contributed by atoms with Gasteiger partial charge in [-0.05, 0) is 42.2 Å². The molecule has 0 unspecified atom stereocenters. The van der Waals surface area contributed by atoms with Crippen molar-refractivity contribution in [3.63, 3.8) is 0 Å². The molecule has 1 aliphatic heterocycles. The molecule has 0 radical (unpaired) electrons. The number of nitrogens with zero attached hydrogens (tertiary/aromatic N) is 2. The van der Waals surface area contributed by atoms with E-state index in [4.69, 9.17) is 14.2 Å². The van der Waals surface area contributed by atoms with Crippen molar-refractivity contribution in [1.29, 1.82) is 0 Å². The van der Waals surface area contributed by atoms with E-state index in [-0.39, 0.29) is 24.3 Å². The number of aromatic amines is 1. The van der Waals surface area contributed by atoms with Gasteiger partial charge in [-0.3, -0.25) is 14.5 Å². The summed E-state index contributed by atoms with van der Waals surface area (Å²) in [6.07, 6.45) is 7.41. The Balaban J connectivity index is 1.49. The first-order valence-corrected chi connectivity index (χ1v) is 14.7. The first-order valence-electron chi connectivity index (χ1n) is 14.7. The normalized spacial score (nSPS) is 17.2. The predicted molar refractivity (Wildman–Crippen MR) is 158 cm³/mol. The second-order valence-corrected chi connectivity index (χ2v) is 10.9. The highest BCUT2D eigenvalue weighted by molar-refractivity contribution is 5.92. The minimum atomic E-state index is -0.810. The number of fused-ring (bicyclic) bond motifs is 1. The molecule has 2 aromatic carbocycles. The maximum Gasteiger partial charge on any atom is 0.247 e. The third kappa shape index (κ3) is 7.02. The molecule has 41 heavy (non-hydrogen) atoms. The van der Waals surface area contributed by atoms with Gasteiger partial charge in [0.05, 0.1) is 33.9 Å². The fourth-order valence-electron chi connectivity index (χ4n) is 6.04. The summed E-state index contributed by atoms with van der Waals surface area (Å²) in [7, 11) is 3.17. The molecule has 220 valence electrons. The van der Waals surface area contributed by atoms with Gasteiger partial charge in [0.15, 0.2) is 11.5 Å². The van der Waals surface area contributed by atoms with Gasteiger partial charge in [0.1, 0.15) is 6.04 Å². The number of carbonyl (C=O) groups is 2. The number of rotatable bonds is 11. The maximum absolute atomic E-state index is 14.2. The van der Waals surface area contributed by atoms with Crippen LogP contribution in [0.5, 0.6) is 11.5 Å². The number of morpholine rings is 1. The molecule has 2 N–H and O–H groups in total. The minimum Gasteiger partial charge on any atom is -0.493 e. The van der Waals surface area contributed by atoms with E-state index in [9.17, 15) is 9.59 Å². The number of nitrogens with one attached hydrogen (secondary N) is 2. The average molecular weight is 563 g/mol. The highest BCUT2D eigenvalue weighted by Crippen LogP contribution is 2.33. The maximum atomic E-state index is 14.2. The Kier molecular flexibility index (Phi) is 9.80. The summed E-state index contributed by atoms with van der Waals surface area (Å²) in [5, 5.41) is 4.32. The first kappa shape index (κ1) is 29.0. The zero-order chi connectivity index (χ0) is 28.6. The topological polar surface area (TPSA) is 96.1 Å². The molecule has 0 bridgehead atoms. The number of carbonyl (C=O) groups excluding carboxylic acids is 2. The van der Waals surface area contributed by atoms with E-state index in [2.05, 4.69) is 15.2 Å². The molecule has 1 saturated carbocycles. The molecule has 9 heteroatoms. The SMILES string of the molecule is COc1ccc([C@H](C(=O)NC2CCCCC2)N(CCN2CCOCC2)C(=O)Cc2c[nH]c3ccccc23)cc1OC. The largest absolute Gasteiger partial charge is 0.493 e. The van der Waals surface area contributed by atoms with E-state index >= 15 is 0 Å². The number of methoxy groups -OCH3 is 2. The van der Waals surface area contributed by atoms with Gasteiger partial charge in [-0.2, -0.15) is 0 Å². The second kappa shape index (κ2) is 13.9. The van der Waals surface area contributed by atoms with Crippen LogP contribution in [-0.4, -0.2) is 86.3 Å². The summed E-state index contributed by atoms with van der Waals surface area (Å²) in [5.74, 6) is 0.852. The lowest BCUT2D eigenvalue weighted by molar-refractivity contribution is -0.141. The van der Waals surface area contributed by atoms with E-state index in [0.29, 0.717) is 43.4 Å². The molecule has 3 aromatic rings. The number of ether oxygens (including phenoxy) is 3. The standard InChI is InChI=1S/C32H42N4O5/c1-39-28-13-12-23(20-29(28)40-2)31(32(38)34-25-8-4-3-5-9-25)36(15-14-35-16-18-41-19-17-35)30(37)21-24-22-33-27-11-7-6-10-26(24)27/h6-7,10-13,20,22,25,31,33H,3-5,8-9,14-19,21H2,1-2H3,(H,34,38)/t31-/m1/s1. The van der Waals surface area contributed by atoms with Crippen molar-refractivity contribution >= 4 is 22.7 Å². The third-order valence-corrected chi connectivity index (χ3v) is 8.33. The Morgan fingerprint density at radius 2 is 1.80 bits per heavy atom. The fourth-order valence-corrected chi connectivity index (χ4v) is 6.04.